The van der Waals surface area contributed by atoms with Crippen molar-refractivity contribution in [2.75, 3.05) is 12.1 Å². The Kier molecular flexibility index (Phi) is 3.80. The van der Waals surface area contributed by atoms with Crippen LogP contribution in [0.3, 0.4) is 0 Å². The Bertz CT molecular complexity index is 1210. The summed E-state index contributed by atoms with van der Waals surface area (Å²) in [7, 11) is 3.44. The Hall–Kier alpha value is -3.16. The number of aromatic nitrogens is 4. The lowest BCUT2D eigenvalue weighted by molar-refractivity contribution is 0.637. The topological polar surface area (TPSA) is 77.4 Å². The summed E-state index contributed by atoms with van der Waals surface area (Å²) >= 11 is 0. The number of imidazole rings is 1. The van der Waals surface area contributed by atoms with Gasteiger partial charge in [-0.15, -0.1) is 0 Å². The third-order valence-electron chi connectivity index (χ3n) is 5.34. The van der Waals surface area contributed by atoms with Crippen molar-refractivity contribution in [3.8, 4) is 0 Å². The molecule has 0 bridgehead atoms. The third kappa shape index (κ3) is 2.43. The van der Waals surface area contributed by atoms with E-state index in [1.54, 1.807) is 19.1 Å². The lowest BCUT2D eigenvalue weighted by atomic mass is 10.1. The summed E-state index contributed by atoms with van der Waals surface area (Å²) in [5, 5.41) is 6.10. The molecule has 0 saturated heterocycles. The van der Waals surface area contributed by atoms with Crippen LogP contribution in [0.25, 0.3) is 11.2 Å². The van der Waals surface area contributed by atoms with Crippen molar-refractivity contribution in [2.45, 2.75) is 33.4 Å². The summed E-state index contributed by atoms with van der Waals surface area (Å²) in [5.74, 6) is 0.559. The fourth-order valence-electron chi connectivity index (χ4n) is 3.57. The van der Waals surface area contributed by atoms with Crippen LogP contribution in [-0.4, -0.2) is 31.4 Å². The van der Waals surface area contributed by atoms with Gasteiger partial charge in [-0.2, -0.15) is 10.1 Å². The van der Waals surface area contributed by atoms with E-state index in [9.17, 15) is 9.59 Å². The fraction of sp³-hybridized carbons (Fsp3) is 0.368. The lowest BCUT2D eigenvalue weighted by Gasteiger charge is -2.26. The summed E-state index contributed by atoms with van der Waals surface area (Å²) in [5.41, 5.74) is 2.96. The van der Waals surface area contributed by atoms with Crippen LogP contribution in [0.5, 0.6) is 0 Å². The summed E-state index contributed by atoms with van der Waals surface area (Å²) in [6.07, 6.45) is 0. The van der Waals surface area contributed by atoms with Gasteiger partial charge in [-0.3, -0.25) is 18.5 Å². The van der Waals surface area contributed by atoms with E-state index in [0.717, 1.165) is 16.8 Å². The number of fused-ring (bicyclic) bond motifs is 3. The molecule has 0 spiro atoms. The van der Waals surface area contributed by atoms with Gasteiger partial charge in [-0.25, -0.2) is 9.80 Å². The molecule has 1 aromatic carbocycles. The molecule has 0 fully saturated rings. The highest BCUT2D eigenvalue weighted by Gasteiger charge is 2.29. The number of hydrogen-bond donors (Lipinski definition) is 0. The van der Waals surface area contributed by atoms with Gasteiger partial charge in [0, 0.05) is 14.1 Å². The predicted octanol–water partition coefficient (Wildman–Crippen LogP) is 1.64. The molecule has 3 heterocycles. The first-order valence-electron chi connectivity index (χ1n) is 8.86. The normalized spacial score (nSPS) is 16.6. The van der Waals surface area contributed by atoms with Gasteiger partial charge in [-0.05, 0) is 31.9 Å². The highest BCUT2D eigenvalue weighted by Crippen LogP contribution is 2.28. The third-order valence-corrected chi connectivity index (χ3v) is 5.34. The Morgan fingerprint density at radius 1 is 1.11 bits per heavy atom. The second kappa shape index (κ2) is 5.94. The number of hydrogen-bond acceptors (Lipinski definition) is 5. The average Bonchev–Trinajstić information content (AvgIpc) is 3.04. The molecule has 8 heteroatoms. The number of hydrazone groups is 1. The second-order valence-corrected chi connectivity index (χ2v) is 7.05. The highest BCUT2D eigenvalue weighted by molar-refractivity contribution is 5.90. The van der Waals surface area contributed by atoms with E-state index in [4.69, 9.17) is 0 Å². The number of rotatable bonds is 2. The van der Waals surface area contributed by atoms with Crippen molar-refractivity contribution in [3.05, 3.63) is 56.2 Å². The molecule has 140 valence electrons. The first-order chi connectivity index (χ1) is 12.8. The zero-order valence-corrected chi connectivity index (χ0v) is 16.1. The lowest BCUT2D eigenvalue weighted by Crippen LogP contribution is -2.40. The molecule has 1 atom stereocenters. The van der Waals surface area contributed by atoms with Gasteiger partial charge in [0.1, 0.15) is 0 Å². The minimum absolute atomic E-state index is 0.113. The molecule has 2 aromatic heterocycles. The number of aryl methyl sites for hydroxylation is 2. The van der Waals surface area contributed by atoms with E-state index in [2.05, 4.69) is 10.1 Å². The summed E-state index contributed by atoms with van der Waals surface area (Å²) in [6.45, 7) is 6.10. The summed E-state index contributed by atoms with van der Waals surface area (Å²) < 4.78 is 4.59. The van der Waals surface area contributed by atoms with Gasteiger partial charge >= 0.3 is 5.69 Å². The Morgan fingerprint density at radius 3 is 2.52 bits per heavy atom. The summed E-state index contributed by atoms with van der Waals surface area (Å²) in [6, 6.07) is 7.65. The maximum absolute atomic E-state index is 13.3. The van der Waals surface area contributed by atoms with E-state index in [1.165, 1.54) is 9.13 Å². The Morgan fingerprint density at radius 2 is 1.81 bits per heavy atom. The van der Waals surface area contributed by atoms with E-state index < -0.39 is 0 Å². The molecule has 0 unspecified atom stereocenters. The zero-order chi connectivity index (χ0) is 19.5. The Balaban J connectivity index is 2.03. The molecular weight excluding hydrogens is 344 g/mol. The van der Waals surface area contributed by atoms with E-state index >= 15 is 0 Å². The molecular formula is C19H22N6O2. The smallest absolute Gasteiger partial charge is 0.294 e. The standard InChI is InChI=1S/C19H22N6O2/c1-11-8-6-7-9-14(11)10-24-17(26)15-16(22(4)19(24)27)20-18-23(5)21-12(2)13(3)25(15)18/h6-9,13H,10H2,1-5H3/t13-/m1/s1. The van der Waals surface area contributed by atoms with Crippen LogP contribution in [0.4, 0.5) is 5.95 Å². The predicted molar refractivity (Wildman–Crippen MR) is 106 cm³/mol. The van der Waals surface area contributed by atoms with Crippen LogP contribution < -0.4 is 16.3 Å². The van der Waals surface area contributed by atoms with Crippen LogP contribution in [0.15, 0.2) is 39.0 Å². The number of benzene rings is 1. The van der Waals surface area contributed by atoms with E-state index in [1.807, 2.05) is 49.6 Å². The van der Waals surface area contributed by atoms with E-state index in [0.29, 0.717) is 17.1 Å². The molecule has 0 saturated carbocycles. The highest BCUT2D eigenvalue weighted by atomic mass is 16.2. The van der Waals surface area contributed by atoms with E-state index in [-0.39, 0.29) is 23.8 Å². The minimum Gasteiger partial charge on any atom is -0.294 e. The van der Waals surface area contributed by atoms with Crippen LogP contribution in [0.1, 0.15) is 31.0 Å². The van der Waals surface area contributed by atoms with Gasteiger partial charge in [0.2, 0.25) is 5.95 Å². The second-order valence-electron chi connectivity index (χ2n) is 7.05. The number of nitrogens with zero attached hydrogens (tertiary/aromatic N) is 6. The summed E-state index contributed by atoms with van der Waals surface area (Å²) in [4.78, 5) is 30.8. The molecule has 8 nitrogen and oxygen atoms in total. The minimum atomic E-state index is -0.376. The van der Waals surface area contributed by atoms with Crippen LogP contribution in [-0.2, 0) is 13.6 Å². The van der Waals surface area contributed by atoms with Crippen molar-refractivity contribution in [1.29, 1.82) is 0 Å². The molecule has 0 aliphatic carbocycles. The van der Waals surface area contributed by atoms with Crippen molar-refractivity contribution >= 4 is 22.8 Å². The average molecular weight is 366 g/mol. The molecule has 0 radical (unpaired) electrons. The van der Waals surface area contributed by atoms with Crippen molar-refractivity contribution < 1.29 is 0 Å². The van der Waals surface area contributed by atoms with Crippen molar-refractivity contribution in [2.24, 2.45) is 12.1 Å². The zero-order valence-electron chi connectivity index (χ0n) is 16.1. The van der Waals surface area contributed by atoms with Crippen molar-refractivity contribution in [1.82, 2.24) is 18.7 Å². The monoisotopic (exact) mass is 366 g/mol. The van der Waals surface area contributed by atoms with Gasteiger partial charge in [0.15, 0.2) is 11.2 Å². The Labute approximate surface area is 156 Å². The quantitative estimate of drug-likeness (QED) is 0.691. The molecule has 1 aliphatic heterocycles. The molecule has 0 amide bonds. The first-order valence-corrected chi connectivity index (χ1v) is 8.86. The first kappa shape index (κ1) is 17.3. The molecule has 27 heavy (non-hydrogen) atoms. The van der Waals surface area contributed by atoms with Gasteiger partial charge in [0.25, 0.3) is 5.56 Å². The van der Waals surface area contributed by atoms with Crippen LogP contribution in [0.2, 0.25) is 0 Å². The van der Waals surface area contributed by atoms with Gasteiger partial charge in [-0.1, -0.05) is 24.3 Å². The maximum atomic E-state index is 13.3. The van der Waals surface area contributed by atoms with Crippen LogP contribution >= 0.6 is 0 Å². The van der Waals surface area contributed by atoms with Gasteiger partial charge in [0.05, 0.1) is 18.3 Å². The number of anilines is 1. The van der Waals surface area contributed by atoms with Gasteiger partial charge < -0.3 is 0 Å². The van der Waals surface area contributed by atoms with Crippen molar-refractivity contribution in [3.63, 3.8) is 0 Å². The molecule has 4 rings (SSSR count). The molecule has 1 aliphatic rings. The SMILES string of the molecule is CC1=NN(C)c2nc3c(c(=O)n(Cc4ccccc4C)c(=O)n3C)n2[C@@H]1C. The van der Waals surface area contributed by atoms with Crippen LogP contribution in [0, 0.1) is 6.92 Å². The fourth-order valence-corrected chi connectivity index (χ4v) is 3.57. The molecule has 3 aromatic rings. The maximum Gasteiger partial charge on any atom is 0.332 e. The largest absolute Gasteiger partial charge is 0.332 e. The molecule has 0 N–H and O–H groups in total.